The second-order valence-corrected chi connectivity index (χ2v) is 14.5. The van der Waals surface area contributed by atoms with E-state index in [1.54, 1.807) is 5.56 Å². The molecule has 0 atom stereocenters. The topological polar surface area (TPSA) is 3.24 Å². The molecule has 0 heterocycles. The minimum absolute atomic E-state index is 0.434. The molecule has 0 spiro atoms. The lowest BCUT2D eigenvalue weighted by molar-refractivity contribution is -0.00518. The average molecular weight is 608 g/mol. The number of hydrogen-bond acceptors (Lipinski definition) is 1. The van der Waals surface area contributed by atoms with Crippen LogP contribution in [0.3, 0.4) is 0 Å². The van der Waals surface area contributed by atoms with Crippen LogP contribution in [0.4, 0.5) is 17.1 Å². The van der Waals surface area contributed by atoms with Crippen LogP contribution >= 0.6 is 0 Å². The highest BCUT2D eigenvalue weighted by Crippen LogP contribution is 2.60. The van der Waals surface area contributed by atoms with Crippen LogP contribution in [0.5, 0.6) is 0 Å². The summed E-state index contributed by atoms with van der Waals surface area (Å²) >= 11 is 0. The van der Waals surface area contributed by atoms with Crippen LogP contribution in [-0.2, 0) is 5.41 Å². The van der Waals surface area contributed by atoms with E-state index in [1.807, 2.05) is 0 Å². The van der Waals surface area contributed by atoms with Crippen molar-refractivity contribution in [1.29, 1.82) is 0 Å². The highest BCUT2D eigenvalue weighted by molar-refractivity contribution is 5.82. The Morgan fingerprint density at radius 1 is 0.362 bits per heavy atom. The van der Waals surface area contributed by atoms with Gasteiger partial charge in [0.1, 0.15) is 0 Å². The molecule has 0 aromatic heterocycles. The van der Waals surface area contributed by atoms with Gasteiger partial charge >= 0.3 is 0 Å². The first-order chi connectivity index (χ1) is 23.2. The van der Waals surface area contributed by atoms with E-state index in [1.165, 1.54) is 71.9 Å². The molecule has 6 aromatic rings. The van der Waals surface area contributed by atoms with Crippen molar-refractivity contribution >= 4 is 17.1 Å². The van der Waals surface area contributed by atoms with E-state index in [2.05, 4.69) is 163 Å². The third-order valence-corrected chi connectivity index (χ3v) is 11.4. The molecule has 1 nitrogen and oxygen atoms in total. The Hall–Kier alpha value is -4.88. The first kappa shape index (κ1) is 28.4. The molecule has 47 heavy (non-hydrogen) atoms. The van der Waals surface area contributed by atoms with Crippen molar-refractivity contribution in [2.24, 2.45) is 17.8 Å². The molecule has 4 aliphatic carbocycles. The molecular formula is C46H41N. The Kier molecular flexibility index (Phi) is 7.08. The van der Waals surface area contributed by atoms with Gasteiger partial charge in [-0.15, -0.1) is 0 Å². The van der Waals surface area contributed by atoms with E-state index in [-0.39, 0.29) is 0 Å². The fourth-order valence-electron chi connectivity index (χ4n) is 9.62. The van der Waals surface area contributed by atoms with Gasteiger partial charge in [0, 0.05) is 17.1 Å². The summed E-state index contributed by atoms with van der Waals surface area (Å²) in [5.74, 6) is 2.89. The van der Waals surface area contributed by atoms with Crippen molar-refractivity contribution in [2.75, 3.05) is 4.90 Å². The molecule has 0 radical (unpaired) electrons. The Balaban J connectivity index is 1.06. The number of benzene rings is 6. The predicted octanol–water partition coefficient (Wildman–Crippen LogP) is 12.6. The van der Waals surface area contributed by atoms with E-state index in [9.17, 15) is 0 Å². The summed E-state index contributed by atoms with van der Waals surface area (Å²) in [5, 5.41) is 0. The highest BCUT2D eigenvalue weighted by atomic mass is 15.1. The minimum atomic E-state index is 0.434. The van der Waals surface area contributed by atoms with Crippen LogP contribution in [0, 0.1) is 17.8 Å². The lowest BCUT2D eigenvalue weighted by Crippen LogP contribution is -2.48. The molecular weight excluding hydrogens is 567 g/mol. The van der Waals surface area contributed by atoms with Gasteiger partial charge in [-0.1, -0.05) is 121 Å². The first-order valence-electron chi connectivity index (χ1n) is 17.5. The van der Waals surface area contributed by atoms with Gasteiger partial charge in [-0.05, 0) is 137 Å². The molecule has 4 saturated carbocycles. The molecule has 4 aliphatic rings. The van der Waals surface area contributed by atoms with Gasteiger partial charge in [-0.3, -0.25) is 0 Å². The van der Waals surface area contributed by atoms with Crippen LogP contribution in [0.25, 0.3) is 33.4 Å². The van der Waals surface area contributed by atoms with Crippen molar-refractivity contribution in [3.05, 3.63) is 163 Å². The van der Waals surface area contributed by atoms with Crippen LogP contribution in [0.15, 0.2) is 158 Å². The predicted molar refractivity (Wildman–Crippen MR) is 197 cm³/mol. The van der Waals surface area contributed by atoms with Crippen LogP contribution in [0.1, 0.15) is 44.1 Å². The normalized spacial score (nSPS) is 22.7. The van der Waals surface area contributed by atoms with Crippen molar-refractivity contribution in [3.63, 3.8) is 0 Å². The fourth-order valence-corrected chi connectivity index (χ4v) is 9.62. The first-order valence-corrected chi connectivity index (χ1v) is 17.5. The van der Waals surface area contributed by atoms with Crippen molar-refractivity contribution in [1.82, 2.24) is 0 Å². The van der Waals surface area contributed by atoms with E-state index >= 15 is 0 Å². The lowest BCUT2D eigenvalue weighted by atomic mass is 9.48. The van der Waals surface area contributed by atoms with E-state index < -0.39 is 0 Å². The second kappa shape index (κ2) is 11.7. The summed E-state index contributed by atoms with van der Waals surface area (Å²) in [4.78, 5) is 2.39. The SMILES string of the molecule is c1ccc(-c2ccc(N(c3ccc(-c4ccccc4)cc3)c3cccc(-c4ccc(C56CC7CC(CC(C7)C5)C6)cc4)c3)cc2)cc1. The van der Waals surface area contributed by atoms with Gasteiger partial charge in [0.05, 0.1) is 0 Å². The van der Waals surface area contributed by atoms with Gasteiger partial charge in [0.15, 0.2) is 0 Å². The van der Waals surface area contributed by atoms with Gasteiger partial charge < -0.3 is 4.90 Å². The van der Waals surface area contributed by atoms with Crippen LogP contribution < -0.4 is 4.90 Å². The van der Waals surface area contributed by atoms with Crippen LogP contribution in [0.2, 0.25) is 0 Å². The Bertz CT molecular complexity index is 1850. The quantitative estimate of drug-likeness (QED) is 0.174. The van der Waals surface area contributed by atoms with Gasteiger partial charge in [0.2, 0.25) is 0 Å². The van der Waals surface area contributed by atoms with Gasteiger partial charge in [-0.25, -0.2) is 0 Å². The minimum Gasteiger partial charge on any atom is -0.310 e. The molecule has 6 aromatic carbocycles. The third-order valence-electron chi connectivity index (χ3n) is 11.4. The zero-order valence-corrected chi connectivity index (χ0v) is 26.9. The highest BCUT2D eigenvalue weighted by Gasteiger charge is 2.51. The molecule has 4 fully saturated rings. The molecule has 0 amide bonds. The Morgan fingerprint density at radius 2 is 0.766 bits per heavy atom. The van der Waals surface area contributed by atoms with E-state index in [0.29, 0.717) is 5.41 Å². The summed E-state index contributed by atoms with van der Waals surface area (Å²) in [6.45, 7) is 0. The third kappa shape index (κ3) is 5.38. The maximum Gasteiger partial charge on any atom is 0.0467 e. The van der Waals surface area contributed by atoms with Gasteiger partial charge in [0.25, 0.3) is 0 Å². The van der Waals surface area contributed by atoms with E-state index in [4.69, 9.17) is 0 Å². The Morgan fingerprint density at radius 3 is 1.26 bits per heavy atom. The molecule has 1 heteroatoms. The zero-order valence-electron chi connectivity index (χ0n) is 26.9. The molecule has 0 N–H and O–H groups in total. The largest absolute Gasteiger partial charge is 0.310 e. The monoisotopic (exact) mass is 607 g/mol. The number of anilines is 3. The molecule has 0 aliphatic heterocycles. The zero-order chi connectivity index (χ0) is 31.2. The smallest absolute Gasteiger partial charge is 0.0467 e. The summed E-state index contributed by atoms with van der Waals surface area (Å²) < 4.78 is 0. The van der Waals surface area contributed by atoms with E-state index in [0.717, 1.165) is 34.8 Å². The summed E-state index contributed by atoms with van der Waals surface area (Å²) in [6, 6.07) is 58.0. The fraction of sp³-hybridized carbons (Fsp3) is 0.217. The second-order valence-electron chi connectivity index (χ2n) is 14.5. The summed E-state index contributed by atoms with van der Waals surface area (Å²) in [6.07, 6.45) is 8.71. The standard InChI is InChI=1S/C46H41N/c1-3-8-36(9-4-1)38-16-22-43(23-17-38)47(44-24-18-39(19-25-44)37-10-5-2-6-11-37)45-13-7-12-41(29-45)40-14-20-42(21-15-40)46-30-33-26-34(31-46)28-35(27-33)32-46/h1-25,29,33-35H,26-28,30-32H2. The van der Waals surface area contributed by atoms with Crippen molar-refractivity contribution < 1.29 is 0 Å². The van der Waals surface area contributed by atoms with Crippen molar-refractivity contribution in [2.45, 2.75) is 43.9 Å². The number of hydrogen-bond donors (Lipinski definition) is 0. The summed E-state index contributed by atoms with van der Waals surface area (Å²) in [5.41, 5.74) is 12.9. The maximum absolute atomic E-state index is 2.47. The van der Waals surface area contributed by atoms with Crippen molar-refractivity contribution in [3.8, 4) is 33.4 Å². The average Bonchev–Trinajstić information content (AvgIpc) is 3.13. The molecule has 10 rings (SSSR count). The molecule has 4 bridgehead atoms. The maximum atomic E-state index is 2.47. The molecule has 0 unspecified atom stereocenters. The molecule has 0 saturated heterocycles. The van der Waals surface area contributed by atoms with Gasteiger partial charge in [-0.2, -0.15) is 0 Å². The van der Waals surface area contributed by atoms with Crippen LogP contribution in [-0.4, -0.2) is 0 Å². The Labute approximate surface area is 279 Å². The summed E-state index contributed by atoms with van der Waals surface area (Å²) in [7, 11) is 0. The molecule has 230 valence electrons. The number of nitrogens with zero attached hydrogens (tertiary/aromatic N) is 1. The number of rotatable bonds is 7. The lowest BCUT2D eigenvalue weighted by Gasteiger charge is -2.57.